The number of hydrogen-bond donors (Lipinski definition) is 3. The lowest BCUT2D eigenvalue weighted by Gasteiger charge is -2.34. The molecule has 1 fully saturated rings. The maximum Gasteiger partial charge on any atom is 0.371 e. The summed E-state index contributed by atoms with van der Waals surface area (Å²) in [6.45, 7) is 3.36. The zero-order valence-electron chi connectivity index (χ0n) is 9.77. The van der Waals surface area contributed by atoms with Gasteiger partial charge in [0.25, 0.3) is 0 Å². The highest BCUT2D eigenvalue weighted by Crippen LogP contribution is 2.34. The standard InChI is InChI=1S/C12H17NO4/c1-12(16,8-3-2-6-13-7-8)10-5-4-9(17-10)11(14)15/h4-5,8,13,16H,2-3,6-7H2,1H3,(H,14,15). The van der Waals surface area contributed by atoms with Gasteiger partial charge in [-0.05, 0) is 38.4 Å². The Labute approximate surface area is 99.4 Å². The molecule has 1 aromatic rings. The van der Waals surface area contributed by atoms with Crippen LogP contribution in [0.25, 0.3) is 0 Å². The fourth-order valence-electron chi connectivity index (χ4n) is 2.26. The molecule has 1 aliphatic rings. The first kappa shape index (κ1) is 12.1. The number of carboxylic acid groups (broad SMARTS) is 1. The van der Waals surface area contributed by atoms with E-state index < -0.39 is 11.6 Å². The Morgan fingerprint density at radius 1 is 1.59 bits per heavy atom. The molecule has 0 saturated carbocycles. The van der Waals surface area contributed by atoms with Crippen LogP contribution in [-0.2, 0) is 5.60 Å². The molecule has 0 bridgehead atoms. The number of aliphatic hydroxyl groups is 1. The predicted molar refractivity (Wildman–Crippen MR) is 60.8 cm³/mol. The van der Waals surface area contributed by atoms with Gasteiger partial charge in [-0.3, -0.25) is 0 Å². The summed E-state index contributed by atoms with van der Waals surface area (Å²) in [6.07, 6.45) is 1.91. The van der Waals surface area contributed by atoms with Crippen LogP contribution in [0, 0.1) is 5.92 Å². The van der Waals surface area contributed by atoms with Crippen LogP contribution in [0.3, 0.4) is 0 Å². The molecule has 5 heteroatoms. The Bertz CT molecular complexity index is 404. The van der Waals surface area contributed by atoms with Gasteiger partial charge in [0.1, 0.15) is 11.4 Å². The van der Waals surface area contributed by atoms with Gasteiger partial charge >= 0.3 is 5.97 Å². The molecule has 0 aliphatic carbocycles. The van der Waals surface area contributed by atoms with Crippen molar-refractivity contribution in [2.45, 2.75) is 25.4 Å². The zero-order valence-corrected chi connectivity index (χ0v) is 9.77. The van der Waals surface area contributed by atoms with Crippen LogP contribution in [0.5, 0.6) is 0 Å². The predicted octanol–water partition coefficient (Wildman–Crippen LogP) is 1.18. The van der Waals surface area contributed by atoms with E-state index in [4.69, 9.17) is 9.52 Å². The van der Waals surface area contributed by atoms with Gasteiger partial charge in [0, 0.05) is 12.5 Å². The summed E-state index contributed by atoms with van der Waals surface area (Å²) in [7, 11) is 0. The van der Waals surface area contributed by atoms with Crippen LogP contribution in [0.1, 0.15) is 36.1 Å². The molecule has 2 heterocycles. The van der Waals surface area contributed by atoms with Gasteiger partial charge in [-0.15, -0.1) is 0 Å². The molecular formula is C12H17NO4. The fraction of sp³-hybridized carbons (Fsp3) is 0.583. The largest absolute Gasteiger partial charge is 0.475 e. The molecule has 0 aromatic carbocycles. The minimum Gasteiger partial charge on any atom is -0.475 e. The molecule has 0 amide bonds. The molecule has 2 rings (SSSR count). The molecule has 0 radical (unpaired) electrons. The Hall–Kier alpha value is -1.33. The molecule has 1 aromatic heterocycles. The number of nitrogens with one attached hydrogen (secondary N) is 1. The first-order chi connectivity index (χ1) is 8.01. The second kappa shape index (κ2) is 4.50. The molecule has 2 unspecified atom stereocenters. The Kier molecular flexibility index (Phi) is 3.22. The van der Waals surface area contributed by atoms with Crippen LogP contribution in [0.2, 0.25) is 0 Å². The van der Waals surface area contributed by atoms with Crippen molar-refractivity contribution in [1.29, 1.82) is 0 Å². The Balaban J connectivity index is 2.20. The Morgan fingerprint density at radius 2 is 2.35 bits per heavy atom. The van der Waals surface area contributed by atoms with Crippen LogP contribution in [0.4, 0.5) is 0 Å². The highest BCUT2D eigenvalue weighted by molar-refractivity contribution is 5.84. The monoisotopic (exact) mass is 239 g/mol. The lowest BCUT2D eigenvalue weighted by atomic mass is 9.82. The van der Waals surface area contributed by atoms with Crippen molar-refractivity contribution in [3.63, 3.8) is 0 Å². The number of carbonyl (C=O) groups is 1. The SMILES string of the molecule is CC(O)(c1ccc(C(=O)O)o1)C1CCCNC1. The van der Waals surface area contributed by atoms with Gasteiger partial charge in [0.15, 0.2) is 0 Å². The molecular weight excluding hydrogens is 222 g/mol. The first-order valence-corrected chi connectivity index (χ1v) is 5.78. The average Bonchev–Trinajstić information content (AvgIpc) is 2.80. The summed E-state index contributed by atoms with van der Waals surface area (Å²) in [6, 6.07) is 2.92. The van der Waals surface area contributed by atoms with E-state index in [-0.39, 0.29) is 11.7 Å². The van der Waals surface area contributed by atoms with Gasteiger partial charge in [-0.1, -0.05) is 0 Å². The molecule has 1 aliphatic heterocycles. The molecule has 94 valence electrons. The van der Waals surface area contributed by atoms with Crippen LogP contribution < -0.4 is 5.32 Å². The van der Waals surface area contributed by atoms with E-state index >= 15 is 0 Å². The lowest BCUT2D eigenvalue weighted by molar-refractivity contribution is -0.0342. The number of aromatic carboxylic acids is 1. The van der Waals surface area contributed by atoms with E-state index in [1.54, 1.807) is 6.92 Å². The maximum atomic E-state index is 10.7. The van der Waals surface area contributed by atoms with Gasteiger partial charge in [0.05, 0.1) is 0 Å². The van der Waals surface area contributed by atoms with E-state index in [0.717, 1.165) is 25.9 Å². The molecule has 5 nitrogen and oxygen atoms in total. The van der Waals surface area contributed by atoms with Gasteiger partial charge < -0.3 is 19.9 Å². The molecule has 3 N–H and O–H groups in total. The quantitative estimate of drug-likeness (QED) is 0.738. The van der Waals surface area contributed by atoms with E-state index in [0.29, 0.717) is 5.76 Å². The third kappa shape index (κ3) is 2.35. The van der Waals surface area contributed by atoms with Crippen molar-refractivity contribution in [2.75, 3.05) is 13.1 Å². The highest BCUT2D eigenvalue weighted by atomic mass is 16.4. The second-order valence-electron chi connectivity index (χ2n) is 4.66. The Morgan fingerprint density at radius 3 is 2.88 bits per heavy atom. The van der Waals surface area contributed by atoms with Gasteiger partial charge in [0.2, 0.25) is 5.76 Å². The third-order valence-corrected chi connectivity index (χ3v) is 3.41. The van der Waals surface area contributed by atoms with Crippen molar-refractivity contribution >= 4 is 5.97 Å². The summed E-state index contributed by atoms with van der Waals surface area (Å²) in [5.74, 6) is -0.884. The first-order valence-electron chi connectivity index (χ1n) is 5.78. The summed E-state index contributed by atoms with van der Waals surface area (Å²) in [5.41, 5.74) is -1.12. The van der Waals surface area contributed by atoms with Gasteiger partial charge in [-0.25, -0.2) is 4.79 Å². The number of furan rings is 1. The smallest absolute Gasteiger partial charge is 0.371 e. The highest BCUT2D eigenvalue weighted by Gasteiger charge is 2.37. The van der Waals surface area contributed by atoms with E-state index in [1.807, 2.05) is 0 Å². The summed E-state index contributed by atoms with van der Waals surface area (Å²) in [5, 5.41) is 22.5. The average molecular weight is 239 g/mol. The summed E-state index contributed by atoms with van der Waals surface area (Å²) >= 11 is 0. The van der Waals surface area contributed by atoms with Crippen LogP contribution in [0.15, 0.2) is 16.5 Å². The number of rotatable bonds is 3. The second-order valence-corrected chi connectivity index (χ2v) is 4.66. The van der Waals surface area contributed by atoms with Crippen molar-refractivity contribution in [3.05, 3.63) is 23.7 Å². The number of carboxylic acids is 1. The minimum absolute atomic E-state index is 0.0454. The zero-order chi connectivity index (χ0) is 12.5. The van der Waals surface area contributed by atoms with E-state index in [9.17, 15) is 9.90 Å². The lowest BCUT2D eigenvalue weighted by Crippen LogP contribution is -2.42. The molecule has 1 saturated heterocycles. The number of hydrogen-bond acceptors (Lipinski definition) is 4. The van der Waals surface area contributed by atoms with E-state index in [1.165, 1.54) is 12.1 Å². The minimum atomic E-state index is -1.12. The van der Waals surface area contributed by atoms with Crippen molar-refractivity contribution in [1.82, 2.24) is 5.32 Å². The summed E-state index contributed by atoms with van der Waals surface area (Å²) in [4.78, 5) is 10.7. The third-order valence-electron chi connectivity index (χ3n) is 3.41. The summed E-state index contributed by atoms with van der Waals surface area (Å²) < 4.78 is 5.19. The molecule has 0 spiro atoms. The van der Waals surface area contributed by atoms with Crippen LogP contribution >= 0.6 is 0 Å². The van der Waals surface area contributed by atoms with Crippen LogP contribution in [-0.4, -0.2) is 29.3 Å². The van der Waals surface area contributed by atoms with Crippen molar-refractivity contribution in [3.8, 4) is 0 Å². The van der Waals surface area contributed by atoms with Crippen molar-refractivity contribution in [2.24, 2.45) is 5.92 Å². The van der Waals surface area contributed by atoms with Gasteiger partial charge in [-0.2, -0.15) is 0 Å². The number of piperidine rings is 1. The maximum absolute atomic E-state index is 10.7. The fourth-order valence-corrected chi connectivity index (χ4v) is 2.26. The van der Waals surface area contributed by atoms with Crippen molar-refractivity contribution < 1.29 is 19.4 Å². The normalized spacial score (nSPS) is 24.2. The van der Waals surface area contributed by atoms with E-state index in [2.05, 4.69) is 5.32 Å². The molecule has 2 atom stereocenters. The topological polar surface area (TPSA) is 82.7 Å². The molecule has 17 heavy (non-hydrogen) atoms.